The Bertz CT molecular complexity index is 1250. The fourth-order valence-corrected chi connectivity index (χ4v) is 5.12. The van der Waals surface area contributed by atoms with E-state index >= 15 is 0 Å². The number of aryl methyl sites for hydroxylation is 1. The number of hydrogen-bond donors (Lipinski definition) is 0. The Morgan fingerprint density at radius 1 is 0.548 bits per heavy atom. The zero-order chi connectivity index (χ0) is 30.0. The van der Waals surface area contributed by atoms with Crippen LogP contribution < -0.4 is 9.47 Å². The Morgan fingerprint density at radius 2 is 1.02 bits per heavy atom. The van der Waals surface area contributed by atoms with E-state index < -0.39 is 0 Å². The topological polar surface area (TPSA) is 71.1 Å². The Hall–Kier alpha value is -3.28. The van der Waals surface area contributed by atoms with Gasteiger partial charge in [0.15, 0.2) is 13.2 Å². The summed E-state index contributed by atoms with van der Waals surface area (Å²) in [6, 6.07) is 14.0. The summed E-state index contributed by atoms with van der Waals surface area (Å²) in [7, 11) is 0. The van der Waals surface area contributed by atoms with Gasteiger partial charge in [0.25, 0.3) is 0 Å². The van der Waals surface area contributed by atoms with Crippen molar-refractivity contribution in [2.75, 3.05) is 26.4 Å². The molecule has 0 bridgehead atoms. The molecule has 0 spiro atoms. The quantitative estimate of drug-likeness (QED) is 0.0713. The van der Waals surface area contributed by atoms with E-state index in [0.29, 0.717) is 24.7 Å². The van der Waals surface area contributed by atoms with Crippen LogP contribution in [0.25, 0.3) is 21.5 Å². The molecule has 3 rings (SSSR count). The van der Waals surface area contributed by atoms with Crippen molar-refractivity contribution in [1.82, 2.24) is 0 Å². The molecule has 0 radical (unpaired) electrons. The minimum atomic E-state index is -0.375. The van der Waals surface area contributed by atoms with Crippen molar-refractivity contribution in [3.05, 3.63) is 48.0 Å². The van der Waals surface area contributed by atoms with Gasteiger partial charge in [-0.05, 0) is 37.3 Å². The molecule has 0 saturated carbocycles. The molecule has 0 fully saturated rings. The summed E-state index contributed by atoms with van der Waals surface area (Å²) < 4.78 is 23.3. The number of benzene rings is 3. The number of esters is 2. The monoisotopic (exact) mass is 578 g/mol. The van der Waals surface area contributed by atoms with Crippen LogP contribution >= 0.6 is 0 Å². The number of hydrogen-bond acceptors (Lipinski definition) is 6. The molecule has 0 atom stereocenters. The van der Waals surface area contributed by atoms with E-state index in [0.717, 1.165) is 79.3 Å². The number of carbonyl (C=O) groups excluding carboxylic acids is 2. The van der Waals surface area contributed by atoms with Crippen molar-refractivity contribution < 1.29 is 28.5 Å². The Kier molecular flexibility index (Phi) is 15.0. The minimum absolute atomic E-state index is 0.169. The van der Waals surface area contributed by atoms with Crippen molar-refractivity contribution in [3.8, 4) is 11.5 Å². The molecule has 0 amide bonds. The molecule has 42 heavy (non-hydrogen) atoms. The largest absolute Gasteiger partial charge is 0.481 e. The van der Waals surface area contributed by atoms with E-state index in [1.165, 1.54) is 31.2 Å². The SMILES string of the molecule is CCCCCCCOC(=O)COc1c2ccccc2c(OCC(=O)OCCCCCCC)c2cc(CCCC)ccc12. The summed E-state index contributed by atoms with van der Waals surface area (Å²) in [6.07, 6.45) is 14.1. The first-order valence-corrected chi connectivity index (χ1v) is 16.1. The first-order valence-electron chi connectivity index (χ1n) is 16.1. The van der Waals surface area contributed by atoms with E-state index in [1.54, 1.807) is 0 Å². The molecule has 0 aliphatic carbocycles. The molecule has 3 aromatic carbocycles. The van der Waals surface area contributed by atoms with Crippen LogP contribution in [0, 0.1) is 0 Å². The molecular weight excluding hydrogens is 528 g/mol. The third-order valence-corrected chi connectivity index (χ3v) is 7.50. The van der Waals surface area contributed by atoms with Crippen LogP contribution in [0.15, 0.2) is 42.5 Å². The normalized spacial score (nSPS) is 11.1. The molecule has 0 saturated heterocycles. The molecule has 0 aromatic heterocycles. The van der Waals surface area contributed by atoms with Crippen LogP contribution in [0.4, 0.5) is 0 Å². The second-order valence-corrected chi connectivity index (χ2v) is 11.0. The molecule has 0 N–H and O–H groups in total. The van der Waals surface area contributed by atoms with E-state index in [2.05, 4.69) is 32.9 Å². The molecule has 3 aromatic rings. The highest BCUT2D eigenvalue weighted by Gasteiger charge is 2.19. The molecule has 6 heteroatoms. The predicted molar refractivity (Wildman–Crippen MR) is 170 cm³/mol. The second kappa shape index (κ2) is 19.0. The van der Waals surface area contributed by atoms with Crippen molar-refractivity contribution >= 4 is 33.5 Å². The lowest BCUT2D eigenvalue weighted by Crippen LogP contribution is -2.17. The average Bonchev–Trinajstić information content (AvgIpc) is 3.01. The van der Waals surface area contributed by atoms with Crippen molar-refractivity contribution in [2.45, 2.75) is 104 Å². The van der Waals surface area contributed by atoms with Gasteiger partial charge in [0.1, 0.15) is 11.5 Å². The van der Waals surface area contributed by atoms with Crippen LogP contribution in [0.2, 0.25) is 0 Å². The highest BCUT2D eigenvalue weighted by atomic mass is 16.6. The summed E-state index contributed by atoms with van der Waals surface area (Å²) >= 11 is 0. The van der Waals surface area contributed by atoms with Crippen LogP contribution in [0.5, 0.6) is 11.5 Å². The van der Waals surface area contributed by atoms with E-state index in [4.69, 9.17) is 18.9 Å². The van der Waals surface area contributed by atoms with Crippen molar-refractivity contribution in [3.63, 3.8) is 0 Å². The van der Waals surface area contributed by atoms with E-state index in [9.17, 15) is 9.59 Å². The van der Waals surface area contributed by atoms with Gasteiger partial charge in [-0.2, -0.15) is 0 Å². The van der Waals surface area contributed by atoms with Crippen LogP contribution in [0.3, 0.4) is 0 Å². The zero-order valence-corrected chi connectivity index (χ0v) is 26.0. The molecule has 230 valence electrons. The van der Waals surface area contributed by atoms with Crippen molar-refractivity contribution in [1.29, 1.82) is 0 Å². The summed E-state index contributed by atoms with van der Waals surface area (Å²) in [5.41, 5.74) is 1.19. The summed E-state index contributed by atoms with van der Waals surface area (Å²) in [4.78, 5) is 25.1. The summed E-state index contributed by atoms with van der Waals surface area (Å²) in [6.45, 7) is 7.03. The Labute approximate surface area is 252 Å². The Balaban J connectivity index is 1.79. The maximum atomic E-state index is 12.6. The summed E-state index contributed by atoms with van der Waals surface area (Å²) in [5, 5.41) is 3.33. The molecule has 0 unspecified atom stereocenters. The molecule has 6 nitrogen and oxygen atoms in total. The number of rotatable bonds is 21. The average molecular weight is 579 g/mol. The van der Waals surface area contributed by atoms with Gasteiger partial charge < -0.3 is 18.9 Å². The van der Waals surface area contributed by atoms with Gasteiger partial charge in [-0.15, -0.1) is 0 Å². The zero-order valence-electron chi connectivity index (χ0n) is 26.0. The lowest BCUT2D eigenvalue weighted by Gasteiger charge is -2.18. The Morgan fingerprint density at radius 3 is 1.55 bits per heavy atom. The maximum Gasteiger partial charge on any atom is 0.344 e. The summed E-state index contributed by atoms with van der Waals surface area (Å²) in [5.74, 6) is 0.494. The fourth-order valence-electron chi connectivity index (χ4n) is 5.12. The lowest BCUT2D eigenvalue weighted by atomic mass is 9.97. The van der Waals surface area contributed by atoms with Crippen LogP contribution in [0.1, 0.15) is 103 Å². The van der Waals surface area contributed by atoms with Crippen molar-refractivity contribution in [2.24, 2.45) is 0 Å². The number of fused-ring (bicyclic) bond motifs is 2. The highest BCUT2D eigenvalue weighted by Crippen LogP contribution is 2.43. The number of ether oxygens (including phenoxy) is 4. The highest BCUT2D eigenvalue weighted by molar-refractivity contribution is 6.11. The molecule has 0 aliphatic rings. The third-order valence-electron chi connectivity index (χ3n) is 7.50. The predicted octanol–water partition coefficient (Wildman–Crippen LogP) is 9.12. The van der Waals surface area contributed by atoms with Gasteiger partial charge >= 0.3 is 11.9 Å². The first-order chi connectivity index (χ1) is 20.6. The van der Waals surface area contributed by atoms with Gasteiger partial charge in [0.2, 0.25) is 0 Å². The molecular formula is C36H50O6. The minimum Gasteiger partial charge on any atom is -0.481 e. The van der Waals surface area contributed by atoms with Gasteiger partial charge in [-0.1, -0.05) is 115 Å². The molecule has 0 aliphatic heterocycles. The number of unbranched alkanes of at least 4 members (excludes halogenated alkanes) is 9. The van der Waals surface area contributed by atoms with E-state index in [1.807, 2.05) is 30.3 Å². The smallest absolute Gasteiger partial charge is 0.344 e. The van der Waals surface area contributed by atoms with Gasteiger partial charge in [0.05, 0.1) is 13.2 Å². The van der Waals surface area contributed by atoms with Gasteiger partial charge in [-0.25, -0.2) is 9.59 Å². The first kappa shape index (κ1) is 33.2. The van der Waals surface area contributed by atoms with Crippen LogP contribution in [-0.2, 0) is 25.5 Å². The van der Waals surface area contributed by atoms with Crippen LogP contribution in [-0.4, -0.2) is 38.4 Å². The lowest BCUT2D eigenvalue weighted by molar-refractivity contribution is -0.147. The fraction of sp³-hybridized carbons (Fsp3) is 0.556. The standard InChI is InChI=1S/C36H50O6/c1-4-7-10-12-16-23-39-33(37)26-41-35-29-19-14-15-20-30(29)36(32-25-28(18-9-6-3)21-22-31(32)35)42-27-34(38)40-24-17-13-11-8-5-2/h14-15,19-22,25H,4-13,16-18,23-24,26-27H2,1-3H3. The molecule has 0 heterocycles. The third kappa shape index (κ3) is 10.5. The van der Waals surface area contributed by atoms with Gasteiger partial charge in [-0.3, -0.25) is 0 Å². The number of carbonyl (C=O) groups is 2. The van der Waals surface area contributed by atoms with E-state index in [-0.39, 0.29) is 25.2 Å². The second-order valence-electron chi connectivity index (χ2n) is 11.0. The maximum absolute atomic E-state index is 12.6. The van der Waals surface area contributed by atoms with Gasteiger partial charge in [0, 0.05) is 21.5 Å².